The fraction of sp³-hybridized carbons (Fsp3) is 0.727. The number of carbonyl (C=O) groups is 2. The maximum Gasteiger partial charge on any atom is 0.304 e. The van der Waals surface area contributed by atoms with E-state index in [0.29, 0.717) is 36.5 Å². The molecule has 0 amide bonds. The zero-order chi connectivity index (χ0) is 20.3. The van der Waals surface area contributed by atoms with E-state index >= 15 is 0 Å². The Morgan fingerprint density at radius 2 is 2.12 bits per heavy atom. The van der Waals surface area contributed by atoms with Crippen LogP contribution in [0, 0.1) is 41.4 Å². The van der Waals surface area contributed by atoms with Crippen LogP contribution in [-0.2, 0) is 14.3 Å². The van der Waals surface area contributed by atoms with Crippen molar-refractivity contribution in [1.82, 2.24) is 0 Å². The van der Waals surface area contributed by atoms with Gasteiger partial charge in [-0.05, 0) is 74.7 Å². The first kappa shape index (κ1) is 13.6. The van der Waals surface area contributed by atoms with Gasteiger partial charge >= 0.3 is 5.97 Å². The van der Waals surface area contributed by atoms with Gasteiger partial charge < -0.3 is 4.74 Å². The molecule has 3 saturated carbocycles. The summed E-state index contributed by atoms with van der Waals surface area (Å²) in [4.78, 5) is 24.0. The first-order chi connectivity index (χ1) is 13.1. The number of hydrogen-bond donors (Lipinski definition) is 0. The molecule has 4 rings (SSSR count). The van der Waals surface area contributed by atoms with Gasteiger partial charge in [-0.1, -0.05) is 18.4 Å². The van der Waals surface area contributed by atoms with E-state index in [4.69, 9.17) is 15.3 Å². The van der Waals surface area contributed by atoms with Crippen molar-refractivity contribution >= 4 is 11.8 Å². The number of ketones is 1. The van der Waals surface area contributed by atoms with Gasteiger partial charge in [-0.15, -0.1) is 6.42 Å². The average molecular weight is 343 g/mol. The SMILES string of the molecule is [2H]C([2H])([2H])C(=O)O[C@@]1(C#C)CC[C@H]2[C@@H]3CCC4=CC(=O)CC[C@@H]4[C@H]3CC[C@@]21C. The minimum Gasteiger partial charge on any atom is -0.445 e. The molecule has 0 aliphatic heterocycles. The van der Waals surface area contributed by atoms with Crippen molar-refractivity contribution in [2.75, 3.05) is 0 Å². The highest BCUT2D eigenvalue weighted by Crippen LogP contribution is 2.65. The minimum absolute atomic E-state index is 0.258. The van der Waals surface area contributed by atoms with E-state index in [2.05, 4.69) is 12.8 Å². The van der Waals surface area contributed by atoms with Crippen molar-refractivity contribution in [2.45, 2.75) is 70.7 Å². The van der Waals surface area contributed by atoms with Gasteiger partial charge in [0.25, 0.3) is 0 Å². The quantitative estimate of drug-likeness (QED) is 0.532. The van der Waals surface area contributed by atoms with Crippen molar-refractivity contribution in [2.24, 2.45) is 29.1 Å². The molecular formula is C22H28O3. The second kappa shape index (κ2) is 5.73. The van der Waals surface area contributed by atoms with Crippen LogP contribution in [0.1, 0.15) is 69.3 Å². The molecule has 0 unspecified atom stereocenters. The Labute approximate surface area is 154 Å². The van der Waals surface area contributed by atoms with Crippen LogP contribution in [0.2, 0.25) is 0 Å². The predicted molar refractivity (Wildman–Crippen MR) is 95.4 cm³/mol. The molecule has 3 heteroatoms. The fourth-order valence-electron chi connectivity index (χ4n) is 6.77. The monoisotopic (exact) mass is 343 g/mol. The van der Waals surface area contributed by atoms with Crippen LogP contribution in [0.5, 0.6) is 0 Å². The van der Waals surface area contributed by atoms with E-state index in [9.17, 15) is 9.59 Å². The molecule has 0 aromatic rings. The van der Waals surface area contributed by atoms with Crippen molar-refractivity contribution in [3.63, 3.8) is 0 Å². The average Bonchev–Trinajstić information content (AvgIpc) is 2.93. The Hall–Kier alpha value is -1.56. The van der Waals surface area contributed by atoms with Gasteiger partial charge in [-0.2, -0.15) is 0 Å². The molecule has 0 saturated heterocycles. The third-order valence-electron chi connectivity index (χ3n) is 7.92. The molecule has 6 atom stereocenters. The fourth-order valence-corrected chi connectivity index (χ4v) is 6.77. The van der Waals surface area contributed by atoms with Gasteiger partial charge in [0, 0.05) is 22.8 Å². The molecule has 0 aromatic carbocycles. The van der Waals surface area contributed by atoms with Crippen LogP contribution in [0.25, 0.3) is 0 Å². The van der Waals surface area contributed by atoms with Crippen LogP contribution in [0.3, 0.4) is 0 Å². The van der Waals surface area contributed by atoms with E-state index in [1.165, 1.54) is 5.57 Å². The molecule has 0 bridgehead atoms. The largest absolute Gasteiger partial charge is 0.445 e. The van der Waals surface area contributed by atoms with Gasteiger partial charge in [0.05, 0.1) is 0 Å². The van der Waals surface area contributed by atoms with E-state index in [1.807, 2.05) is 6.08 Å². The van der Waals surface area contributed by atoms with Crippen molar-refractivity contribution in [3.05, 3.63) is 11.6 Å². The Morgan fingerprint density at radius 3 is 2.88 bits per heavy atom. The lowest BCUT2D eigenvalue weighted by atomic mass is 9.50. The number of ether oxygens (including phenoxy) is 1. The summed E-state index contributed by atoms with van der Waals surface area (Å²) in [6, 6.07) is 0. The van der Waals surface area contributed by atoms with E-state index in [-0.39, 0.29) is 5.78 Å². The number of fused-ring (bicyclic) bond motifs is 5. The third kappa shape index (κ3) is 2.33. The smallest absolute Gasteiger partial charge is 0.304 e. The first-order valence-electron chi connectivity index (χ1n) is 11.1. The number of esters is 1. The number of terminal acetylenes is 1. The van der Waals surface area contributed by atoms with E-state index in [0.717, 1.165) is 38.5 Å². The summed E-state index contributed by atoms with van der Waals surface area (Å²) in [6.45, 7) is -0.696. The number of rotatable bonds is 1. The number of allylic oxidation sites excluding steroid dienone is 1. The lowest BCUT2D eigenvalue weighted by Crippen LogP contribution is -2.53. The molecule has 4 aliphatic rings. The summed E-state index contributed by atoms with van der Waals surface area (Å²) in [5.74, 6) is 3.67. The minimum atomic E-state index is -2.80. The van der Waals surface area contributed by atoms with Crippen LogP contribution in [-0.4, -0.2) is 17.4 Å². The zero-order valence-corrected chi connectivity index (χ0v) is 14.8. The molecule has 3 fully saturated rings. The summed E-state index contributed by atoms with van der Waals surface area (Å²) in [7, 11) is 0. The first-order valence-corrected chi connectivity index (χ1v) is 9.56. The summed E-state index contributed by atoms with van der Waals surface area (Å²) < 4.78 is 27.7. The summed E-state index contributed by atoms with van der Waals surface area (Å²) in [6.07, 6.45) is 14.6. The van der Waals surface area contributed by atoms with Crippen LogP contribution < -0.4 is 0 Å². The molecule has 0 heterocycles. The van der Waals surface area contributed by atoms with Gasteiger partial charge in [-0.25, -0.2) is 0 Å². The Bertz CT molecular complexity index is 777. The molecular weight excluding hydrogens is 312 g/mol. The molecule has 0 radical (unpaired) electrons. The van der Waals surface area contributed by atoms with Crippen molar-refractivity contribution in [3.8, 4) is 12.3 Å². The van der Waals surface area contributed by atoms with E-state index < -0.39 is 23.8 Å². The number of carbonyl (C=O) groups excluding carboxylic acids is 2. The van der Waals surface area contributed by atoms with Crippen LogP contribution in [0.4, 0.5) is 0 Å². The Kier molecular flexibility index (Phi) is 3.12. The highest BCUT2D eigenvalue weighted by molar-refractivity contribution is 5.91. The number of hydrogen-bond acceptors (Lipinski definition) is 3. The summed E-state index contributed by atoms with van der Waals surface area (Å²) in [5, 5.41) is 0. The maximum atomic E-state index is 12.2. The van der Waals surface area contributed by atoms with Crippen LogP contribution >= 0.6 is 0 Å². The summed E-state index contributed by atoms with van der Waals surface area (Å²) in [5.41, 5.74) is -0.196. The Morgan fingerprint density at radius 1 is 1.28 bits per heavy atom. The van der Waals surface area contributed by atoms with Crippen molar-refractivity contribution in [1.29, 1.82) is 0 Å². The second-order valence-corrected chi connectivity index (χ2v) is 8.66. The normalized spacial score (nSPS) is 47.8. The van der Waals surface area contributed by atoms with Crippen LogP contribution in [0.15, 0.2) is 11.6 Å². The topological polar surface area (TPSA) is 43.4 Å². The summed E-state index contributed by atoms with van der Waals surface area (Å²) >= 11 is 0. The van der Waals surface area contributed by atoms with Gasteiger partial charge in [0.2, 0.25) is 0 Å². The predicted octanol–water partition coefficient (Wildman–Crippen LogP) is 4.06. The van der Waals surface area contributed by atoms with E-state index in [1.54, 1.807) is 0 Å². The highest BCUT2D eigenvalue weighted by atomic mass is 16.6. The third-order valence-corrected chi connectivity index (χ3v) is 7.92. The van der Waals surface area contributed by atoms with Gasteiger partial charge in [-0.3, -0.25) is 9.59 Å². The lowest BCUT2D eigenvalue weighted by Gasteiger charge is -2.55. The van der Waals surface area contributed by atoms with Gasteiger partial charge in [0.1, 0.15) is 0 Å². The molecule has 0 N–H and O–H groups in total. The molecule has 25 heavy (non-hydrogen) atoms. The molecule has 0 aromatic heterocycles. The second-order valence-electron chi connectivity index (χ2n) is 8.66. The van der Waals surface area contributed by atoms with Gasteiger partial charge in [0.15, 0.2) is 11.4 Å². The molecule has 3 nitrogen and oxygen atoms in total. The Balaban J connectivity index is 1.62. The lowest BCUT2D eigenvalue weighted by molar-refractivity contribution is -0.167. The maximum absolute atomic E-state index is 12.2. The highest BCUT2D eigenvalue weighted by Gasteiger charge is 2.64. The zero-order valence-electron chi connectivity index (χ0n) is 17.8. The molecule has 134 valence electrons. The molecule has 0 spiro atoms. The van der Waals surface area contributed by atoms with Crippen molar-refractivity contribution < 1.29 is 18.4 Å². The molecule has 4 aliphatic carbocycles. The standard InChI is InChI=1S/C22H28O3/c1-4-22(25-14(2)23)12-10-20-19-7-5-15-13-16(24)6-8-17(15)18(19)9-11-21(20,22)3/h1,13,17-20H,5-12H2,2-3H3/t17-,18+,19+,20-,21-,22-/m0/s1/i2D3.